The summed E-state index contributed by atoms with van der Waals surface area (Å²) in [6, 6.07) is 6.83. The molecule has 1 aromatic carbocycles. The molecule has 0 aliphatic carbocycles. The molecule has 0 radical (unpaired) electrons. The zero-order valence-electron chi connectivity index (χ0n) is 8.51. The third kappa shape index (κ3) is 1.79. The molecule has 0 saturated carbocycles. The van der Waals surface area contributed by atoms with Crippen LogP contribution in [-0.2, 0) is 0 Å². The number of carboxylic acids is 1. The highest BCUT2D eigenvalue weighted by molar-refractivity contribution is 6.29. The number of aromatic nitrogens is 2. The Balaban J connectivity index is 2.65. The molecular weight excluding hydrogens is 228 g/mol. The Labute approximate surface area is 97.1 Å². The Morgan fingerprint density at radius 2 is 2.19 bits per heavy atom. The number of aryl methyl sites for hydroxylation is 1. The predicted molar refractivity (Wildman–Crippen MR) is 60.3 cm³/mol. The van der Waals surface area contributed by atoms with Crippen LogP contribution in [0.1, 0.15) is 15.9 Å². The van der Waals surface area contributed by atoms with Crippen LogP contribution in [0.3, 0.4) is 0 Å². The summed E-state index contributed by atoms with van der Waals surface area (Å²) >= 11 is 5.70. The summed E-state index contributed by atoms with van der Waals surface area (Å²) in [5.74, 6) is -0.972. The van der Waals surface area contributed by atoms with Gasteiger partial charge in [0, 0.05) is 6.20 Å². The zero-order chi connectivity index (χ0) is 11.7. The highest BCUT2D eigenvalue weighted by Gasteiger charge is 2.14. The molecule has 0 unspecified atom stereocenters. The van der Waals surface area contributed by atoms with Crippen molar-refractivity contribution in [3.63, 3.8) is 0 Å². The molecule has 82 valence electrons. The van der Waals surface area contributed by atoms with E-state index in [9.17, 15) is 4.79 Å². The van der Waals surface area contributed by atoms with Gasteiger partial charge in [0.1, 0.15) is 0 Å². The average Bonchev–Trinajstić information content (AvgIpc) is 2.63. The van der Waals surface area contributed by atoms with E-state index in [0.717, 1.165) is 0 Å². The Kier molecular flexibility index (Phi) is 2.66. The Bertz CT molecular complexity index is 549. The van der Waals surface area contributed by atoms with Gasteiger partial charge in [0.15, 0.2) is 5.15 Å². The highest BCUT2D eigenvalue weighted by Crippen LogP contribution is 2.19. The van der Waals surface area contributed by atoms with E-state index in [2.05, 4.69) is 5.10 Å². The minimum absolute atomic E-state index is 0.238. The van der Waals surface area contributed by atoms with Crippen LogP contribution < -0.4 is 0 Å². The topological polar surface area (TPSA) is 55.1 Å². The molecule has 0 fully saturated rings. The first-order valence-corrected chi connectivity index (χ1v) is 5.02. The minimum Gasteiger partial charge on any atom is -0.478 e. The van der Waals surface area contributed by atoms with Gasteiger partial charge in [-0.1, -0.05) is 23.7 Å². The maximum absolute atomic E-state index is 11.1. The molecule has 1 N–H and O–H groups in total. The molecule has 0 amide bonds. The predicted octanol–water partition coefficient (Wildman–Crippen LogP) is 2.53. The Morgan fingerprint density at radius 1 is 1.44 bits per heavy atom. The van der Waals surface area contributed by atoms with Gasteiger partial charge in [-0.15, -0.1) is 0 Å². The van der Waals surface area contributed by atoms with E-state index in [1.54, 1.807) is 37.4 Å². The number of benzene rings is 1. The van der Waals surface area contributed by atoms with Crippen LogP contribution in [0, 0.1) is 6.92 Å². The van der Waals surface area contributed by atoms with Crippen LogP contribution in [-0.4, -0.2) is 20.9 Å². The van der Waals surface area contributed by atoms with Gasteiger partial charge in [0.25, 0.3) is 0 Å². The quantitative estimate of drug-likeness (QED) is 0.872. The first-order valence-electron chi connectivity index (χ1n) is 4.64. The molecule has 0 bridgehead atoms. The lowest BCUT2D eigenvalue weighted by Crippen LogP contribution is -2.07. The van der Waals surface area contributed by atoms with Gasteiger partial charge < -0.3 is 5.11 Å². The van der Waals surface area contributed by atoms with Crippen molar-refractivity contribution >= 4 is 17.6 Å². The molecular formula is C11H9ClN2O2. The average molecular weight is 237 g/mol. The Morgan fingerprint density at radius 3 is 2.75 bits per heavy atom. The molecule has 4 nitrogen and oxygen atoms in total. The summed E-state index contributed by atoms with van der Waals surface area (Å²) in [6.45, 7) is 1.75. The molecule has 0 saturated heterocycles. The maximum atomic E-state index is 11.1. The smallest absolute Gasteiger partial charge is 0.338 e. The molecule has 0 aliphatic heterocycles. The highest BCUT2D eigenvalue weighted by atomic mass is 35.5. The first kappa shape index (κ1) is 10.7. The third-order valence-electron chi connectivity index (χ3n) is 2.27. The molecule has 5 heteroatoms. The van der Waals surface area contributed by atoms with Crippen LogP contribution >= 0.6 is 11.6 Å². The van der Waals surface area contributed by atoms with E-state index in [1.807, 2.05) is 0 Å². The van der Waals surface area contributed by atoms with Crippen molar-refractivity contribution in [1.29, 1.82) is 0 Å². The lowest BCUT2D eigenvalue weighted by molar-refractivity contribution is 0.0696. The van der Waals surface area contributed by atoms with Crippen LogP contribution in [0.2, 0.25) is 5.15 Å². The van der Waals surface area contributed by atoms with Gasteiger partial charge in [-0.2, -0.15) is 5.10 Å². The SMILES string of the molecule is Cc1cccc(-n2ccc(Cl)n2)c1C(=O)O. The van der Waals surface area contributed by atoms with E-state index >= 15 is 0 Å². The minimum atomic E-state index is -0.972. The van der Waals surface area contributed by atoms with E-state index in [1.165, 1.54) is 4.68 Å². The molecule has 1 aromatic heterocycles. The molecule has 2 rings (SSSR count). The number of rotatable bonds is 2. The molecule has 16 heavy (non-hydrogen) atoms. The van der Waals surface area contributed by atoms with Gasteiger partial charge >= 0.3 is 5.97 Å². The number of carbonyl (C=O) groups is 1. The summed E-state index contributed by atoms with van der Waals surface area (Å²) in [4.78, 5) is 11.1. The van der Waals surface area contributed by atoms with E-state index in [0.29, 0.717) is 16.4 Å². The second-order valence-corrected chi connectivity index (χ2v) is 3.74. The first-order chi connectivity index (χ1) is 7.59. The lowest BCUT2D eigenvalue weighted by Gasteiger charge is -2.08. The van der Waals surface area contributed by atoms with E-state index in [4.69, 9.17) is 16.7 Å². The lowest BCUT2D eigenvalue weighted by atomic mass is 10.1. The van der Waals surface area contributed by atoms with Crippen LogP contribution in [0.25, 0.3) is 5.69 Å². The largest absolute Gasteiger partial charge is 0.478 e. The molecule has 2 aromatic rings. The number of hydrogen-bond acceptors (Lipinski definition) is 2. The van der Waals surface area contributed by atoms with E-state index in [-0.39, 0.29) is 5.56 Å². The fraction of sp³-hybridized carbons (Fsp3) is 0.0909. The molecule has 0 atom stereocenters. The van der Waals surface area contributed by atoms with Crippen molar-refractivity contribution in [1.82, 2.24) is 9.78 Å². The second-order valence-electron chi connectivity index (χ2n) is 3.36. The van der Waals surface area contributed by atoms with Gasteiger partial charge in [-0.3, -0.25) is 0 Å². The Hall–Kier alpha value is -1.81. The number of aromatic carboxylic acids is 1. The van der Waals surface area contributed by atoms with Crippen LogP contribution in [0.4, 0.5) is 0 Å². The molecule has 0 spiro atoms. The van der Waals surface area contributed by atoms with Crippen LogP contribution in [0.5, 0.6) is 0 Å². The van der Waals surface area contributed by atoms with Gasteiger partial charge in [0.05, 0.1) is 11.3 Å². The van der Waals surface area contributed by atoms with Crippen molar-refractivity contribution < 1.29 is 9.90 Å². The summed E-state index contributed by atoms with van der Waals surface area (Å²) in [7, 11) is 0. The van der Waals surface area contributed by atoms with Crippen molar-refractivity contribution in [2.75, 3.05) is 0 Å². The monoisotopic (exact) mass is 236 g/mol. The summed E-state index contributed by atoms with van der Waals surface area (Å²) < 4.78 is 1.46. The third-order valence-corrected chi connectivity index (χ3v) is 2.47. The van der Waals surface area contributed by atoms with Crippen molar-refractivity contribution in [3.05, 3.63) is 46.7 Å². The van der Waals surface area contributed by atoms with Gasteiger partial charge in [0.2, 0.25) is 0 Å². The molecule has 0 aliphatic rings. The fourth-order valence-electron chi connectivity index (χ4n) is 1.56. The number of nitrogens with zero attached hydrogens (tertiary/aromatic N) is 2. The van der Waals surface area contributed by atoms with Gasteiger partial charge in [-0.05, 0) is 24.6 Å². The number of carboxylic acid groups (broad SMARTS) is 1. The van der Waals surface area contributed by atoms with E-state index < -0.39 is 5.97 Å². The number of hydrogen-bond donors (Lipinski definition) is 1. The maximum Gasteiger partial charge on any atom is 0.338 e. The number of halogens is 1. The fourth-order valence-corrected chi connectivity index (χ4v) is 1.70. The summed E-state index contributed by atoms with van der Waals surface area (Å²) in [5.41, 5.74) is 1.44. The second kappa shape index (κ2) is 3.98. The normalized spacial score (nSPS) is 10.4. The molecule has 1 heterocycles. The summed E-state index contributed by atoms with van der Waals surface area (Å²) in [6.07, 6.45) is 1.63. The van der Waals surface area contributed by atoms with Crippen molar-refractivity contribution in [2.45, 2.75) is 6.92 Å². The van der Waals surface area contributed by atoms with Crippen molar-refractivity contribution in [3.8, 4) is 5.69 Å². The van der Waals surface area contributed by atoms with Gasteiger partial charge in [-0.25, -0.2) is 9.48 Å². The summed E-state index contributed by atoms with van der Waals surface area (Å²) in [5, 5.41) is 13.5. The van der Waals surface area contributed by atoms with Crippen LogP contribution in [0.15, 0.2) is 30.5 Å². The zero-order valence-corrected chi connectivity index (χ0v) is 9.27. The standard InChI is InChI=1S/C11H9ClN2O2/c1-7-3-2-4-8(10(7)11(15)16)14-6-5-9(12)13-14/h2-6H,1H3,(H,15,16). The van der Waals surface area contributed by atoms with Crippen molar-refractivity contribution in [2.24, 2.45) is 0 Å².